The Morgan fingerprint density at radius 2 is 1.67 bits per heavy atom. The number of amides is 1. The van der Waals surface area contributed by atoms with E-state index in [9.17, 15) is 35.2 Å². The molecule has 0 aliphatic carbocycles. The number of rotatable bonds is 4. The van der Waals surface area contributed by atoms with Crippen molar-refractivity contribution >= 4 is 15.9 Å². The Kier molecular flexibility index (Phi) is 6.18. The van der Waals surface area contributed by atoms with E-state index in [1.54, 1.807) is 0 Å². The fourth-order valence-electron chi connectivity index (χ4n) is 4.21. The number of nitrogens with zero attached hydrogens (tertiary/aromatic N) is 2. The molecule has 33 heavy (non-hydrogen) atoms. The van der Waals surface area contributed by atoms with Gasteiger partial charge in [-0.1, -0.05) is 0 Å². The molecule has 4 rings (SSSR count). The first-order valence-corrected chi connectivity index (χ1v) is 11.6. The number of alkyl halides is 3. The normalized spacial score (nSPS) is 22.2. The summed E-state index contributed by atoms with van der Waals surface area (Å²) in [4.78, 5) is 14.2. The number of benzene rings is 2. The van der Waals surface area contributed by atoms with Crippen molar-refractivity contribution in [2.24, 2.45) is 0 Å². The van der Waals surface area contributed by atoms with Gasteiger partial charge in [-0.15, -0.1) is 0 Å². The van der Waals surface area contributed by atoms with Gasteiger partial charge < -0.3 is 5.32 Å². The summed E-state index contributed by atoms with van der Waals surface area (Å²) in [6, 6.07) is 5.72. The number of sulfonamides is 1. The predicted octanol–water partition coefficient (Wildman–Crippen LogP) is 2.86. The number of nitrogens with one attached hydrogen (secondary N) is 1. The van der Waals surface area contributed by atoms with Gasteiger partial charge in [-0.05, 0) is 48.9 Å². The van der Waals surface area contributed by atoms with E-state index in [4.69, 9.17) is 0 Å². The third kappa shape index (κ3) is 4.87. The van der Waals surface area contributed by atoms with Gasteiger partial charge in [0.05, 0.1) is 10.5 Å². The van der Waals surface area contributed by atoms with Crippen LogP contribution in [0.2, 0.25) is 0 Å². The summed E-state index contributed by atoms with van der Waals surface area (Å²) in [6.45, 7) is 1.14. The third-order valence-electron chi connectivity index (χ3n) is 5.92. The van der Waals surface area contributed by atoms with Crippen LogP contribution in [0.5, 0.6) is 0 Å². The fraction of sp³-hybridized carbons (Fsp3) is 0.381. The number of halogens is 5. The van der Waals surface area contributed by atoms with Crippen molar-refractivity contribution in [3.05, 3.63) is 65.2 Å². The lowest BCUT2D eigenvalue weighted by molar-refractivity contribution is -0.137. The maximum Gasteiger partial charge on any atom is 0.416 e. The standard InChI is InChI=1S/C21H20F5N3O3S/c22-18-6-1-13(9-19(18)23)20(30)27-15-10-16-12-29(8-7-28(16)11-15)33(31,32)17-4-2-14(3-5-17)21(24,25)26/h1-6,9,15-16H,7-8,10-12H2,(H,27,30)/t15-,16-/m0/s1. The zero-order chi connectivity index (χ0) is 24.0. The summed E-state index contributed by atoms with van der Waals surface area (Å²) >= 11 is 0. The number of fused-ring (bicyclic) bond motifs is 1. The van der Waals surface area contributed by atoms with E-state index >= 15 is 0 Å². The van der Waals surface area contributed by atoms with E-state index in [0.717, 1.165) is 36.4 Å². The molecule has 2 aliphatic heterocycles. The molecule has 0 bridgehead atoms. The van der Waals surface area contributed by atoms with Gasteiger partial charge in [0.1, 0.15) is 0 Å². The minimum Gasteiger partial charge on any atom is -0.348 e. The van der Waals surface area contributed by atoms with Crippen molar-refractivity contribution in [1.82, 2.24) is 14.5 Å². The van der Waals surface area contributed by atoms with Crippen molar-refractivity contribution in [3.63, 3.8) is 0 Å². The molecule has 2 aromatic carbocycles. The summed E-state index contributed by atoms with van der Waals surface area (Å²) in [7, 11) is -3.98. The quantitative estimate of drug-likeness (QED) is 0.671. The topological polar surface area (TPSA) is 69.7 Å². The van der Waals surface area contributed by atoms with Gasteiger partial charge in [0.2, 0.25) is 10.0 Å². The summed E-state index contributed by atoms with van der Waals surface area (Å²) in [5.41, 5.74) is -0.952. The molecule has 2 aliphatic rings. The lowest BCUT2D eigenvalue weighted by atomic mass is 10.1. The largest absolute Gasteiger partial charge is 0.416 e. The molecule has 2 atom stereocenters. The van der Waals surface area contributed by atoms with Crippen LogP contribution < -0.4 is 5.32 Å². The predicted molar refractivity (Wildman–Crippen MR) is 108 cm³/mol. The van der Waals surface area contributed by atoms with E-state index in [2.05, 4.69) is 5.32 Å². The monoisotopic (exact) mass is 489 g/mol. The molecule has 178 valence electrons. The smallest absolute Gasteiger partial charge is 0.348 e. The van der Waals surface area contributed by atoms with Crippen molar-refractivity contribution in [1.29, 1.82) is 0 Å². The van der Waals surface area contributed by atoms with Crippen LogP contribution in [0.15, 0.2) is 47.4 Å². The van der Waals surface area contributed by atoms with E-state index in [0.29, 0.717) is 19.5 Å². The second-order valence-corrected chi connectivity index (χ2v) is 10.0. The lowest BCUT2D eigenvalue weighted by Gasteiger charge is -2.36. The molecule has 2 aromatic rings. The number of piperazine rings is 1. The first-order valence-electron chi connectivity index (χ1n) is 10.1. The van der Waals surface area contributed by atoms with E-state index in [-0.39, 0.29) is 35.6 Å². The highest BCUT2D eigenvalue weighted by Gasteiger charge is 2.40. The van der Waals surface area contributed by atoms with Crippen molar-refractivity contribution < 1.29 is 35.2 Å². The molecule has 6 nitrogen and oxygen atoms in total. The highest BCUT2D eigenvalue weighted by atomic mass is 32.2. The van der Waals surface area contributed by atoms with E-state index in [1.165, 1.54) is 10.4 Å². The van der Waals surface area contributed by atoms with Crippen LogP contribution in [0.3, 0.4) is 0 Å². The van der Waals surface area contributed by atoms with Crippen molar-refractivity contribution in [2.45, 2.75) is 29.6 Å². The van der Waals surface area contributed by atoms with Crippen LogP contribution in [0, 0.1) is 11.6 Å². The molecular formula is C21H20F5N3O3S. The zero-order valence-corrected chi connectivity index (χ0v) is 18.0. The second kappa shape index (κ2) is 8.65. The Balaban J connectivity index is 1.40. The van der Waals surface area contributed by atoms with Crippen LogP contribution in [-0.4, -0.2) is 61.8 Å². The molecule has 2 saturated heterocycles. The summed E-state index contributed by atoms with van der Waals surface area (Å²) < 4.78 is 91.8. The highest BCUT2D eigenvalue weighted by Crippen LogP contribution is 2.31. The van der Waals surface area contributed by atoms with Gasteiger partial charge in [0.25, 0.3) is 5.91 Å². The van der Waals surface area contributed by atoms with Crippen molar-refractivity contribution in [3.8, 4) is 0 Å². The number of carbonyl (C=O) groups is 1. The minimum absolute atomic E-state index is 0.0229. The van der Waals surface area contributed by atoms with Crippen LogP contribution in [0.1, 0.15) is 22.3 Å². The Morgan fingerprint density at radius 3 is 2.30 bits per heavy atom. The molecule has 1 N–H and O–H groups in total. The average molecular weight is 489 g/mol. The molecular weight excluding hydrogens is 469 g/mol. The first kappa shape index (κ1) is 23.6. The molecule has 2 heterocycles. The molecule has 0 aromatic heterocycles. The average Bonchev–Trinajstić information content (AvgIpc) is 3.16. The van der Waals surface area contributed by atoms with E-state index < -0.39 is 39.3 Å². The molecule has 1 amide bonds. The third-order valence-corrected chi connectivity index (χ3v) is 7.79. The van der Waals surface area contributed by atoms with Crippen LogP contribution >= 0.6 is 0 Å². The molecule has 0 unspecified atom stereocenters. The second-order valence-electron chi connectivity index (χ2n) is 8.07. The SMILES string of the molecule is O=C(N[C@H]1C[C@H]2CN(S(=O)(=O)c3ccc(C(F)(F)F)cc3)CCN2C1)c1ccc(F)c(F)c1. The Labute approximate surface area is 187 Å². The van der Waals surface area contributed by atoms with Gasteiger partial charge >= 0.3 is 6.18 Å². The Morgan fingerprint density at radius 1 is 0.970 bits per heavy atom. The van der Waals surface area contributed by atoms with Gasteiger partial charge in [-0.2, -0.15) is 17.5 Å². The fourth-order valence-corrected chi connectivity index (χ4v) is 5.68. The Hall–Kier alpha value is -2.57. The van der Waals surface area contributed by atoms with Crippen LogP contribution in [0.25, 0.3) is 0 Å². The first-order chi connectivity index (χ1) is 15.4. The highest BCUT2D eigenvalue weighted by molar-refractivity contribution is 7.89. The molecule has 2 fully saturated rings. The summed E-state index contributed by atoms with van der Waals surface area (Å²) in [5, 5.41) is 2.76. The maximum atomic E-state index is 13.4. The van der Waals surface area contributed by atoms with Gasteiger partial charge in [0, 0.05) is 43.8 Å². The maximum absolute atomic E-state index is 13.4. The van der Waals surface area contributed by atoms with E-state index in [1.807, 2.05) is 4.90 Å². The molecule has 12 heteroatoms. The Bertz CT molecular complexity index is 1150. The zero-order valence-electron chi connectivity index (χ0n) is 17.1. The van der Waals surface area contributed by atoms with Gasteiger partial charge in [-0.3, -0.25) is 9.69 Å². The van der Waals surface area contributed by atoms with Gasteiger partial charge in [-0.25, -0.2) is 17.2 Å². The number of hydrogen-bond donors (Lipinski definition) is 1. The molecule has 0 spiro atoms. The summed E-state index contributed by atoms with van der Waals surface area (Å²) in [6.07, 6.45) is -4.12. The summed E-state index contributed by atoms with van der Waals surface area (Å²) in [5.74, 6) is -2.75. The molecule has 0 radical (unpaired) electrons. The van der Waals surface area contributed by atoms with Gasteiger partial charge in [0.15, 0.2) is 11.6 Å². The lowest BCUT2D eigenvalue weighted by Crippen LogP contribution is -2.51. The molecule has 0 saturated carbocycles. The number of hydrogen-bond acceptors (Lipinski definition) is 4. The van der Waals surface area contributed by atoms with Crippen LogP contribution in [-0.2, 0) is 16.2 Å². The van der Waals surface area contributed by atoms with Crippen LogP contribution in [0.4, 0.5) is 22.0 Å². The minimum atomic E-state index is -4.56. The van der Waals surface area contributed by atoms with Crippen molar-refractivity contribution in [2.75, 3.05) is 26.2 Å². The number of carbonyl (C=O) groups excluding carboxylic acids is 1.